The minimum atomic E-state index is 0. The van der Waals surface area contributed by atoms with Gasteiger partial charge in [-0.2, -0.15) is 0 Å². The van der Waals surface area contributed by atoms with E-state index in [1.807, 2.05) is 26.0 Å². The number of hydrogen-bond acceptors (Lipinski definition) is 2. The molecule has 0 saturated heterocycles. The van der Waals surface area contributed by atoms with Crippen molar-refractivity contribution in [3.05, 3.63) is 29.8 Å². The Morgan fingerprint density at radius 1 is 1.14 bits per heavy atom. The lowest BCUT2D eigenvalue weighted by molar-refractivity contribution is 0.242. The maximum atomic E-state index is 5.63. The third kappa shape index (κ3) is 8.80. The number of aliphatic imine (C=N–C) groups is 1. The van der Waals surface area contributed by atoms with Crippen molar-refractivity contribution in [3.8, 4) is 5.75 Å². The number of guanidine groups is 1. The van der Waals surface area contributed by atoms with Crippen molar-refractivity contribution in [1.29, 1.82) is 0 Å². The molecule has 0 atom stereocenters. The standard InChI is InChI=1S/C16H27N3O.HI/c1-5-11-18-16(17-4)19-12-10-14-6-8-15(9-7-14)20-13(2)3;/h6-9,13H,5,10-12H2,1-4H3,(H2,17,18,19);1H. The molecule has 21 heavy (non-hydrogen) atoms. The second-order valence-corrected chi connectivity index (χ2v) is 4.99. The van der Waals surface area contributed by atoms with Crippen molar-refractivity contribution in [2.75, 3.05) is 20.1 Å². The molecule has 0 aromatic heterocycles. The Morgan fingerprint density at radius 3 is 2.29 bits per heavy atom. The average molecular weight is 405 g/mol. The molecule has 0 aliphatic rings. The Balaban J connectivity index is 0.00000400. The summed E-state index contributed by atoms with van der Waals surface area (Å²) in [5.74, 6) is 1.80. The fourth-order valence-corrected chi connectivity index (χ4v) is 1.80. The quantitative estimate of drug-likeness (QED) is 0.416. The van der Waals surface area contributed by atoms with Crippen molar-refractivity contribution in [2.45, 2.75) is 39.7 Å². The van der Waals surface area contributed by atoms with Crippen molar-refractivity contribution in [2.24, 2.45) is 4.99 Å². The number of hydrogen-bond donors (Lipinski definition) is 2. The van der Waals surface area contributed by atoms with E-state index in [4.69, 9.17) is 4.74 Å². The molecule has 1 aromatic rings. The van der Waals surface area contributed by atoms with E-state index in [1.54, 1.807) is 7.05 Å². The summed E-state index contributed by atoms with van der Waals surface area (Å²) >= 11 is 0. The molecule has 1 rings (SSSR count). The van der Waals surface area contributed by atoms with E-state index in [0.717, 1.165) is 37.6 Å². The van der Waals surface area contributed by atoms with Crippen LogP contribution in [0.5, 0.6) is 5.75 Å². The van der Waals surface area contributed by atoms with Crippen LogP contribution < -0.4 is 15.4 Å². The van der Waals surface area contributed by atoms with Crippen LogP contribution in [-0.4, -0.2) is 32.2 Å². The zero-order valence-electron chi connectivity index (χ0n) is 13.5. The molecule has 0 spiro atoms. The predicted octanol–water partition coefficient (Wildman–Crippen LogP) is 3.21. The first-order valence-corrected chi connectivity index (χ1v) is 7.35. The highest BCUT2D eigenvalue weighted by Crippen LogP contribution is 2.13. The highest BCUT2D eigenvalue weighted by Gasteiger charge is 1.99. The van der Waals surface area contributed by atoms with Gasteiger partial charge in [-0.15, -0.1) is 24.0 Å². The van der Waals surface area contributed by atoms with E-state index in [1.165, 1.54) is 5.56 Å². The Kier molecular flexibility index (Phi) is 11.1. The third-order valence-electron chi connectivity index (χ3n) is 2.77. The maximum absolute atomic E-state index is 5.63. The van der Waals surface area contributed by atoms with Crippen LogP contribution in [0.1, 0.15) is 32.8 Å². The zero-order chi connectivity index (χ0) is 14.8. The van der Waals surface area contributed by atoms with Gasteiger partial charge in [-0.3, -0.25) is 4.99 Å². The SMILES string of the molecule is CCCNC(=NC)NCCc1ccc(OC(C)C)cc1.I. The highest BCUT2D eigenvalue weighted by molar-refractivity contribution is 14.0. The summed E-state index contributed by atoms with van der Waals surface area (Å²) in [6.07, 6.45) is 2.28. The van der Waals surface area contributed by atoms with E-state index in [9.17, 15) is 0 Å². The number of nitrogens with one attached hydrogen (secondary N) is 2. The summed E-state index contributed by atoms with van der Waals surface area (Å²) < 4.78 is 5.63. The average Bonchev–Trinajstić information content (AvgIpc) is 2.44. The summed E-state index contributed by atoms with van der Waals surface area (Å²) in [6.45, 7) is 8.02. The lowest BCUT2D eigenvalue weighted by Gasteiger charge is -2.12. The fourth-order valence-electron chi connectivity index (χ4n) is 1.80. The van der Waals surface area contributed by atoms with Gasteiger partial charge in [0, 0.05) is 20.1 Å². The first-order valence-electron chi connectivity index (χ1n) is 7.35. The van der Waals surface area contributed by atoms with E-state index in [0.29, 0.717) is 0 Å². The summed E-state index contributed by atoms with van der Waals surface area (Å²) in [7, 11) is 1.79. The first-order chi connectivity index (χ1) is 9.65. The van der Waals surface area contributed by atoms with Crippen LogP contribution in [0.3, 0.4) is 0 Å². The van der Waals surface area contributed by atoms with Gasteiger partial charge < -0.3 is 15.4 Å². The maximum Gasteiger partial charge on any atom is 0.190 e. The van der Waals surface area contributed by atoms with E-state index in [2.05, 4.69) is 34.7 Å². The highest BCUT2D eigenvalue weighted by atomic mass is 127. The monoisotopic (exact) mass is 405 g/mol. The molecular formula is C16H28IN3O. The molecule has 0 amide bonds. The Labute approximate surface area is 145 Å². The van der Waals surface area contributed by atoms with Crippen molar-refractivity contribution >= 4 is 29.9 Å². The smallest absolute Gasteiger partial charge is 0.190 e. The van der Waals surface area contributed by atoms with Gasteiger partial charge in [-0.05, 0) is 44.4 Å². The minimum absolute atomic E-state index is 0. The molecule has 0 saturated carbocycles. The topological polar surface area (TPSA) is 45.7 Å². The zero-order valence-corrected chi connectivity index (χ0v) is 15.8. The first kappa shape index (κ1) is 20.0. The van der Waals surface area contributed by atoms with Crippen LogP contribution in [0.2, 0.25) is 0 Å². The van der Waals surface area contributed by atoms with E-state index < -0.39 is 0 Å². The fraction of sp³-hybridized carbons (Fsp3) is 0.562. The van der Waals surface area contributed by atoms with Crippen LogP contribution in [0.25, 0.3) is 0 Å². The molecule has 4 nitrogen and oxygen atoms in total. The van der Waals surface area contributed by atoms with E-state index >= 15 is 0 Å². The van der Waals surface area contributed by atoms with Gasteiger partial charge in [0.15, 0.2) is 5.96 Å². The van der Waals surface area contributed by atoms with Crippen LogP contribution in [0.4, 0.5) is 0 Å². The van der Waals surface area contributed by atoms with Crippen molar-refractivity contribution in [1.82, 2.24) is 10.6 Å². The van der Waals surface area contributed by atoms with E-state index in [-0.39, 0.29) is 30.1 Å². The van der Waals surface area contributed by atoms with Gasteiger partial charge in [0.2, 0.25) is 0 Å². The molecular weight excluding hydrogens is 377 g/mol. The lowest BCUT2D eigenvalue weighted by atomic mass is 10.1. The number of rotatable bonds is 7. The van der Waals surface area contributed by atoms with Gasteiger partial charge >= 0.3 is 0 Å². The van der Waals surface area contributed by atoms with Crippen LogP contribution in [0.15, 0.2) is 29.3 Å². The normalized spacial score (nSPS) is 11.0. The lowest BCUT2D eigenvalue weighted by Crippen LogP contribution is -2.38. The molecule has 2 N–H and O–H groups in total. The summed E-state index contributed by atoms with van der Waals surface area (Å²) in [5, 5.41) is 6.56. The van der Waals surface area contributed by atoms with Gasteiger partial charge in [-0.25, -0.2) is 0 Å². The molecule has 0 bridgehead atoms. The van der Waals surface area contributed by atoms with Crippen LogP contribution >= 0.6 is 24.0 Å². The second kappa shape index (κ2) is 11.7. The Morgan fingerprint density at radius 2 is 1.76 bits per heavy atom. The summed E-state index contributed by atoms with van der Waals surface area (Å²) in [5.41, 5.74) is 1.29. The molecule has 0 unspecified atom stereocenters. The van der Waals surface area contributed by atoms with Gasteiger partial charge in [0.1, 0.15) is 5.75 Å². The van der Waals surface area contributed by atoms with Gasteiger partial charge in [0.05, 0.1) is 6.10 Å². The summed E-state index contributed by atoms with van der Waals surface area (Å²) in [4.78, 5) is 4.18. The molecule has 120 valence electrons. The molecule has 0 fully saturated rings. The molecule has 0 aliphatic heterocycles. The summed E-state index contributed by atoms with van der Waals surface area (Å²) in [6, 6.07) is 8.28. The molecule has 0 heterocycles. The number of halogens is 1. The molecule has 0 radical (unpaired) electrons. The predicted molar refractivity (Wildman–Crippen MR) is 101 cm³/mol. The van der Waals surface area contributed by atoms with Crippen LogP contribution in [-0.2, 0) is 6.42 Å². The largest absolute Gasteiger partial charge is 0.491 e. The Bertz CT molecular complexity index is 404. The van der Waals surface area contributed by atoms with Crippen molar-refractivity contribution < 1.29 is 4.74 Å². The molecule has 5 heteroatoms. The number of nitrogens with zero attached hydrogens (tertiary/aromatic N) is 1. The minimum Gasteiger partial charge on any atom is -0.491 e. The Hall–Kier alpha value is -0.980. The third-order valence-corrected chi connectivity index (χ3v) is 2.77. The number of ether oxygens (including phenoxy) is 1. The molecule has 0 aliphatic carbocycles. The van der Waals surface area contributed by atoms with Crippen LogP contribution in [0, 0.1) is 0 Å². The van der Waals surface area contributed by atoms with Gasteiger partial charge in [-0.1, -0.05) is 19.1 Å². The van der Waals surface area contributed by atoms with Gasteiger partial charge in [0.25, 0.3) is 0 Å². The molecule has 1 aromatic carbocycles. The number of benzene rings is 1. The second-order valence-electron chi connectivity index (χ2n) is 4.99. The van der Waals surface area contributed by atoms with Crippen molar-refractivity contribution in [3.63, 3.8) is 0 Å².